The molecule has 6 rings (SSSR count). The number of pyridine rings is 1. The summed E-state index contributed by atoms with van der Waals surface area (Å²) in [5.41, 5.74) is -1.08. The molecule has 4 N–H and O–H groups in total. The van der Waals surface area contributed by atoms with Crippen LogP contribution in [0.4, 0.5) is 40.3 Å². The van der Waals surface area contributed by atoms with E-state index in [1.165, 1.54) is 42.6 Å². The number of nitrogens with zero attached hydrogens (tertiary/aromatic N) is 6. The molecule has 0 aliphatic heterocycles. The molecule has 36 heteroatoms. The number of rotatable bonds is 20. The molecular formula is C34H25N9Na4O18S5. The molecule has 348 valence electrons. The van der Waals surface area contributed by atoms with Crippen LogP contribution in [0.5, 0.6) is 5.75 Å². The van der Waals surface area contributed by atoms with Gasteiger partial charge in [-0.05, 0) is 88.2 Å². The van der Waals surface area contributed by atoms with Gasteiger partial charge in [0.25, 0.3) is 0 Å². The Morgan fingerprint density at radius 2 is 1.41 bits per heavy atom. The Kier molecular flexibility index (Phi) is 24.6. The number of azo groups is 1. The first-order chi connectivity index (χ1) is 31.0. The van der Waals surface area contributed by atoms with Crippen molar-refractivity contribution in [2.24, 2.45) is 10.2 Å². The number of aromatic hydroxyl groups is 1. The summed E-state index contributed by atoms with van der Waals surface area (Å²) >= 11 is 0.472. The van der Waals surface area contributed by atoms with Gasteiger partial charge in [0.2, 0.25) is 10.4 Å². The standard InChI is InChI=1S/C34H29N9O18S5.4Na/c44-27-16-24(64(50,51)52)14-19-3-9-25(35-18-62-61-60-47)30(29(19)27)42-41-26-15-22(6-10-28(26)65(53,54)55)37-33-38-32(39-34(40-33)43-11-1-2-20(17-43)31(45)46)36-21-4-7-23(8-5-21)63(48,49)13-12-59-66(56,57)58;;;;/h1-11,14-17H,12-13,18H2,(H8-,35,36,37,38,39,40,41,42,44,45,46,47,50,51,52,53,54,55,56,57,58);;;;/q;4*+1/p-4. The molecule has 2 aromatic heterocycles. The number of aromatic nitrogens is 4. The quantitative estimate of drug-likeness (QED) is 0.00527. The Balaban J connectivity index is 0.00000420. The number of hydrogen-bond donors (Lipinski definition) is 4. The molecule has 0 saturated heterocycles. The molecule has 70 heavy (non-hydrogen) atoms. The van der Waals surface area contributed by atoms with E-state index >= 15 is 0 Å². The summed E-state index contributed by atoms with van der Waals surface area (Å²) in [5, 5.41) is 52.2. The predicted octanol–water partition coefficient (Wildman–Crippen LogP) is -11.4. The largest absolute Gasteiger partial charge is 1.00 e. The van der Waals surface area contributed by atoms with Gasteiger partial charge in [0.15, 0.2) is 9.84 Å². The summed E-state index contributed by atoms with van der Waals surface area (Å²) in [5.74, 6) is -4.21. The van der Waals surface area contributed by atoms with Gasteiger partial charge in [-0.1, -0.05) is 6.07 Å². The monoisotopic (exact) mass is 1100 g/mol. The summed E-state index contributed by atoms with van der Waals surface area (Å²) in [4.78, 5) is 22.5. The van der Waals surface area contributed by atoms with Gasteiger partial charge < -0.3 is 49.9 Å². The Bertz CT molecular complexity index is 3350. The molecule has 0 aliphatic rings. The number of fused-ring (bicyclic) bond motifs is 1. The maximum Gasteiger partial charge on any atom is 1.00 e. The first-order valence-electron chi connectivity index (χ1n) is 17.6. The van der Waals surface area contributed by atoms with Crippen LogP contribution in [0.15, 0.2) is 116 Å². The number of aromatic carboxylic acids is 1. The van der Waals surface area contributed by atoms with Gasteiger partial charge in [0, 0.05) is 16.9 Å². The first-order valence-corrected chi connectivity index (χ1v) is 24.3. The predicted molar refractivity (Wildman–Crippen MR) is 217 cm³/mol. The number of carbonyl (C=O) groups is 1. The summed E-state index contributed by atoms with van der Waals surface area (Å²) in [6, 6.07) is 14.5. The Morgan fingerprint density at radius 1 is 0.771 bits per heavy atom. The van der Waals surface area contributed by atoms with Crippen molar-refractivity contribution < 1.29 is 204 Å². The number of anilines is 5. The van der Waals surface area contributed by atoms with Gasteiger partial charge in [-0.15, -0.1) is 15.2 Å². The van der Waals surface area contributed by atoms with Crippen LogP contribution in [0.25, 0.3) is 16.7 Å². The third-order valence-corrected chi connectivity index (χ3v) is 12.7. The van der Waals surface area contributed by atoms with Gasteiger partial charge in [0.05, 0.1) is 74.4 Å². The number of carboxylic acids is 1. The number of carboxylic acid groups (broad SMARTS) is 1. The third kappa shape index (κ3) is 17.5. The molecule has 0 fully saturated rings. The molecule has 0 aliphatic carbocycles. The average Bonchev–Trinajstić information content (AvgIpc) is 3.23. The summed E-state index contributed by atoms with van der Waals surface area (Å²) in [7, 11) is -19.6. The molecule has 0 spiro atoms. The van der Waals surface area contributed by atoms with Crippen molar-refractivity contribution in [3.8, 4) is 11.7 Å². The maximum atomic E-state index is 12.7. The van der Waals surface area contributed by atoms with E-state index in [-0.39, 0.29) is 186 Å². The second kappa shape index (κ2) is 27.1. The van der Waals surface area contributed by atoms with Crippen LogP contribution in [-0.4, -0.2) is 91.6 Å². The minimum absolute atomic E-state index is 0. The van der Waals surface area contributed by atoms with Gasteiger partial charge >= 0.3 is 136 Å². The third-order valence-electron chi connectivity index (χ3n) is 8.41. The minimum atomic E-state index is -5.30. The fourth-order valence-corrected chi connectivity index (χ4v) is 8.51. The maximum absolute atomic E-state index is 12.7. The number of hydrogen-bond acceptors (Lipinski definition) is 27. The zero-order valence-corrected chi connectivity index (χ0v) is 48.5. The smallest absolute Gasteiger partial charge is 0.744 e. The normalized spacial score (nSPS) is 11.7. The number of nitrogens with one attached hydrogen (secondary N) is 3. The van der Waals surface area contributed by atoms with Crippen molar-refractivity contribution in [2.75, 3.05) is 34.2 Å². The molecule has 0 radical (unpaired) electrons. The van der Waals surface area contributed by atoms with Crippen molar-refractivity contribution in [3.63, 3.8) is 0 Å². The topological polar surface area (TPSA) is 420 Å². The van der Waals surface area contributed by atoms with Crippen molar-refractivity contribution in [3.05, 3.63) is 96.8 Å². The fraction of sp³-hybridized carbons (Fsp3) is 0.0882. The van der Waals surface area contributed by atoms with Gasteiger partial charge in [-0.2, -0.15) is 4.33 Å². The van der Waals surface area contributed by atoms with Crippen LogP contribution in [0.1, 0.15) is 10.4 Å². The van der Waals surface area contributed by atoms with Gasteiger partial charge in [-0.25, -0.2) is 38.2 Å². The van der Waals surface area contributed by atoms with Crippen LogP contribution in [0, 0.1) is 0 Å². The van der Waals surface area contributed by atoms with Crippen LogP contribution < -0.4 is 149 Å². The molecule has 0 bridgehead atoms. The van der Waals surface area contributed by atoms with Crippen LogP contribution in [0.3, 0.4) is 0 Å². The van der Waals surface area contributed by atoms with E-state index in [0.29, 0.717) is 18.1 Å². The second-order valence-corrected chi connectivity index (χ2v) is 19.3. The Hall–Kier alpha value is -2.56. The van der Waals surface area contributed by atoms with Crippen molar-refractivity contribution >= 4 is 110 Å². The summed E-state index contributed by atoms with van der Waals surface area (Å²) < 4.78 is 139. The van der Waals surface area contributed by atoms with Crippen LogP contribution >= 0.6 is 12.0 Å². The number of carbonyl (C=O) groups excluding carboxylic acids is 1. The van der Waals surface area contributed by atoms with Crippen molar-refractivity contribution in [1.82, 2.24) is 15.0 Å². The molecule has 4 aromatic carbocycles. The molecule has 27 nitrogen and oxygen atoms in total. The summed E-state index contributed by atoms with van der Waals surface area (Å²) in [6.07, 6.45) is 2.46. The molecule has 2 heterocycles. The number of sulfone groups is 1. The van der Waals surface area contributed by atoms with E-state index < -0.39 is 80.0 Å². The first kappa shape index (κ1) is 63.6. The van der Waals surface area contributed by atoms with Gasteiger partial charge in [-0.3, -0.25) is 9.22 Å². The molecule has 6 aromatic rings. The van der Waals surface area contributed by atoms with E-state index in [4.69, 9.17) is 0 Å². The molecule has 0 unspecified atom stereocenters. The Morgan fingerprint density at radius 3 is 2.01 bits per heavy atom. The number of phenols is 1. The van der Waals surface area contributed by atoms with Crippen molar-refractivity contribution in [2.45, 2.75) is 14.7 Å². The fourth-order valence-electron chi connectivity index (χ4n) is 5.61. The van der Waals surface area contributed by atoms with Gasteiger partial charge in [0.1, 0.15) is 37.4 Å². The van der Waals surface area contributed by atoms with E-state index in [2.05, 4.69) is 54.7 Å². The average molecular weight is 1100 g/mol. The zero-order chi connectivity index (χ0) is 48.0. The van der Waals surface area contributed by atoms with E-state index in [1.54, 1.807) is 0 Å². The molecule has 0 amide bonds. The zero-order valence-electron chi connectivity index (χ0n) is 36.4. The molecule has 0 saturated carbocycles. The molecular weight excluding hydrogens is 1070 g/mol. The SMILES string of the molecule is O=C([O-])c1ccc[n+](-c2nc(Nc3ccc(S(=O)(=O)CCOS(=O)(=O)[O-])cc3)nc(Nc3ccc(S(=O)(=O)[O-])c(N=Nc4c(NCSOO[O-])ccc5cc(S(=O)(=O)[O-])cc(O)c45)c3)n2)c1.[Na+].[Na+].[Na+].[Na+]. The second-order valence-electron chi connectivity index (χ2n) is 12.8. The van der Waals surface area contributed by atoms with Crippen LogP contribution in [-0.2, 0) is 54.0 Å². The minimum Gasteiger partial charge on any atom is -0.744 e. The van der Waals surface area contributed by atoms with E-state index in [0.717, 1.165) is 47.2 Å². The number of benzene rings is 4. The number of phenolic OH excluding ortho intramolecular Hbond substituents is 1. The van der Waals surface area contributed by atoms with Crippen molar-refractivity contribution in [1.29, 1.82) is 0 Å². The van der Waals surface area contributed by atoms with E-state index in [9.17, 15) is 67.6 Å². The van der Waals surface area contributed by atoms with Crippen LogP contribution in [0.2, 0.25) is 0 Å². The summed E-state index contributed by atoms with van der Waals surface area (Å²) in [6.45, 7) is -0.931. The van der Waals surface area contributed by atoms with E-state index in [1.807, 2.05) is 0 Å². The Labute approximate surface area is 489 Å². The molecule has 0 atom stereocenters.